The fourth-order valence-electron chi connectivity index (χ4n) is 2.12. The lowest BCUT2D eigenvalue weighted by Crippen LogP contribution is -2.16. The Balaban J connectivity index is 2.14. The van der Waals surface area contributed by atoms with Gasteiger partial charge in [-0.1, -0.05) is 0 Å². The van der Waals surface area contributed by atoms with E-state index >= 15 is 0 Å². The predicted octanol–water partition coefficient (Wildman–Crippen LogP) is 3.18. The van der Waals surface area contributed by atoms with Crippen LogP contribution in [0.5, 0.6) is 0 Å². The molecule has 2 aromatic heterocycles. The van der Waals surface area contributed by atoms with E-state index in [1.165, 1.54) is 0 Å². The van der Waals surface area contributed by atoms with Gasteiger partial charge in [0.25, 0.3) is 0 Å². The van der Waals surface area contributed by atoms with Gasteiger partial charge in [0.15, 0.2) is 5.82 Å². The summed E-state index contributed by atoms with van der Waals surface area (Å²) in [5.41, 5.74) is 2.80. The van der Waals surface area contributed by atoms with Crippen molar-refractivity contribution in [3.63, 3.8) is 0 Å². The van der Waals surface area contributed by atoms with Crippen molar-refractivity contribution in [2.24, 2.45) is 0 Å². The third-order valence-electron chi connectivity index (χ3n) is 3.08. The maximum absolute atomic E-state index is 5.47. The number of pyridine rings is 1. The Morgan fingerprint density at radius 3 is 2.90 bits per heavy atom. The summed E-state index contributed by atoms with van der Waals surface area (Å²) in [5.74, 6) is 1.43. The Hall–Kier alpha value is -1.05. The van der Waals surface area contributed by atoms with E-state index in [4.69, 9.17) is 4.74 Å². The summed E-state index contributed by atoms with van der Waals surface area (Å²) in [5, 5.41) is 3.11. The molecule has 0 bridgehead atoms. The van der Waals surface area contributed by atoms with Crippen LogP contribution in [-0.4, -0.2) is 28.6 Å². The highest BCUT2D eigenvalue weighted by Gasteiger charge is 2.19. The number of halogens is 2. The van der Waals surface area contributed by atoms with Gasteiger partial charge in [0.1, 0.15) is 11.5 Å². The molecule has 104 valence electrons. The van der Waals surface area contributed by atoms with Crippen molar-refractivity contribution in [3.05, 3.63) is 32.5 Å². The average molecular weight is 400 g/mol. The van der Waals surface area contributed by atoms with Crippen LogP contribution in [-0.2, 0) is 17.8 Å². The Morgan fingerprint density at radius 2 is 2.15 bits per heavy atom. The molecule has 1 N–H and O–H groups in total. The van der Waals surface area contributed by atoms with Crippen LogP contribution in [0.25, 0.3) is 11.5 Å². The lowest BCUT2D eigenvalue weighted by atomic mass is 10.1. The van der Waals surface area contributed by atoms with Gasteiger partial charge >= 0.3 is 0 Å². The normalized spacial score (nSPS) is 13.9. The van der Waals surface area contributed by atoms with E-state index in [0.717, 1.165) is 38.1 Å². The standard InChI is InChI=1S/C13H12Br2N4O/c1-16-12-8-6-20-3-2-10(8)18-13(19-12)11-9(15)4-7(14)5-17-11/h4-5H,2-3,6H2,1H3,(H,16,18,19). The van der Waals surface area contributed by atoms with Crippen LogP contribution in [0, 0.1) is 0 Å². The zero-order chi connectivity index (χ0) is 14.1. The Kier molecular flexibility index (Phi) is 4.00. The number of rotatable bonds is 2. The number of fused-ring (bicyclic) bond motifs is 1. The summed E-state index contributed by atoms with van der Waals surface area (Å²) < 4.78 is 7.24. The summed E-state index contributed by atoms with van der Waals surface area (Å²) >= 11 is 6.90. The van der Waals surface area contributed by atoms with Crippen LogP contribution in [0.2, 0.25) is 0 Å². The molecule has 0 aromatic carbocycles. The number of nitrogens with one attached hydrogen (secondary N) is 1. The number of ether oxygens (including phenoxy) is 1. The number of nitrogens with zero attached hydrogens (tertiary/aromatic N) is 3. The van der Waals surface area contributed by atoms with Crippen molar-refractivity contribution in [2.75, 3.05) is 19.0 Å². The molecule has 0 aliphatic carbocycles. The first kappa shape index (κ1) is 13.9. The molecule has 1 aliphatic rings. The van der Waals surface area contributed by atoms with Gasteiger partial charge in [-0.3, -0.25) is 4.98 Å². The van der Waals surface area contributed by atoms with Crippen LogP contribution in [0.1, 0.15) is 11.3 Å². The zero-order valence-corrected chi connectivity index (χ0v) is 14.0. The number of anilines is 1. The fourth-order valence-corrected chi connectivity index (χ4v) is 3.29. The second kappa shape index (κ2) is 5.75. The van der Waals surface area contributed by atoms with Crippen molar-refractivity contribution in [2.45, 2.75) is 13.0 Å². The molecular formula is C13H12Br2N4O. The molecule has 3 rings (SSSR count). The molecule has 3 heterocycles. The van der Waals surface area contributed by atoms with Gasteiger partial charge in [0, 0.05) is 34.2 Å². The van der Waals surface area contributed by atoms with Crippen LogP contribution >= 0.6 is 31.9 Å². The van der Waals surface area contributed by atoms with Gasteiger partial charge < -0.3 is 10.1 Å². The van der Waals surface area contributed by atoms with E-state index in [1.54, 1.807) is 6.20 Å². The SMILES string of the molecule is CNc1nc(-c2ncc(Br)cc2Br)nc2c1COCC2. The smallest absolute Gasteiger partial charge is 0.181 e. The average Bonchev–Trinajstić information content (AvgIpc) is 2.46. The first-order valence-corrected chi connectivity index (χ1v) is 7.74. The van der Waals surface area contributed by atoms with Crippen molar-refractivity contribution < 1.29 is 4.74 Å². The van der Waals surface area contributed by atoms with Gasteiger partial charge in [0.2, 0.25) is 0 Å². The van der Waals surface area contributed by atoms with Crippen molar-refractivity contribution in [3.8, 4) is 11.5 Å². The molecule has 0 fully saturated rings. The highest BCUT2D eigenvalue weighted by atomic mass is 79.9. The predicted molar refractivity (Wildman–Crippen MR) is 83.6 cm³/mol. The Morgan fingerprint density at radius 1 is 1.30 bits per heavy atom. The van der Waals surface area contributed by atoms with Crippen LogP contribution in [0.3, 0.4) is 0 Å². The molecule has 0 radical (unpaired) electrons. The largest absolute Gasteiger partial charge is 0.376 e. The molecule has 0 atom stereocenters. The first-order valence-electron chi connectivity index (χ1n) is 6.15. The van der Waals surface area contributed by atoms with E-state index in [-0.39, 0.29) is 0 Å². The van der Waals surface area contributed by atoms with Gasteiger partial charge in [-0.15, -0.1) is 0 Å². The zero-order valence-electron chi connectivity index (χ0n) is 10.8. The van der Waals surface area contributed by atoms with Gasteiger partial charge in [-0.25, -0.2) is 9.97 Å². The monoisotopic (exact) mass is 398 g/mol. The molecule has 0 unspecified atom stereocenters. The minimum atomic E-state index is 0.556. The van der Waals surface area contributed by atoms with E-state index in [9.17, 15) is 0 Å². The van der Waals surface area contributed by atoms with E-state index in [0.29, 0.717) is 19.0 Å². The molecule has 20 heavy (non-hydrogen) atoms. The first-order chi connectivity index (χ1) is 9.69. The summed E-state index contributed by atoms with van der Waals surface area (Å²) in [6, 6.07) is 1.94. The fraction of sp³-hybridized carbons (Fsp3) is 0.308. The van der Waals surface area contributed by atoms with Crippen LogP contribution < -0.4 is 5.32 Å². The summed E-state index contributed by atoms with van der Waals surface area (Å²) in [6.45, 7) is 1.25. The van der Waals surface area contributed by atoms with E-state index in [1.807, 2.05) is 13.1 Å². The third-order valence-corrected chi connectivity index (χ3v) is 4.12. The van der Waals surface area contributed by atoms with Gasteiger partial charge in [-0.2, -0.15) is 0 Å². The van der Waals surface area contributed by atoms with Crippen LogP contribution in [0.15, 0.2) is 21.2 Å². The highest BCUT2D eigenvalue weighted by Crippen LogP contribution is 2.30. The van der Waals surface area contributed by atoms with E-state index in [2.05, 4.69) is 52.1 Å². The molecule has 5 nitrogen and oxygen atoms in total. The quantitative estimate of drug-likeness (QED) is 0.840. The molecule has 7 heteroatoms. The number of hydrogen-bond acceptors (Lipinski definition) is 5. The molecule has 2 aromatic rings. The molecular weight excluding hydrogens is 388 g/mol. The van der Waals surface area contributed by atoms with Crippen molar-refractivity contribution >= 4 is 37.7 Å². The number of hydrogen-bond donors (Lipinski definition) is 1. The molecule has 0 saturated carbocycles. The van der Waals surface area contributed by atoms with Gasteiger partial charge in [0.05, 0.1) is 18.9 Å². The van der Waals surface area contributed by atoms with Crippen molar-refractivity contribution in [1.29, 1.82) is 0 Å². The Labute approximate surface area is 133 Å². The highest BCUT2D eigenvalue weighted by molar-refractivity contribution is 9.11. The minimum Gasteiger partial charge on any atom is -0.376 e. The van der Waals surface area contributed by atoms with Crippen LogP contribution in [0.4, 0.5) is 5.82 Å². The Bertz CT molecular complexity index is 646. The third kappa shape index (κ3) is 2.57. The topological polar surface area (TPSA) is 59.9 Å². The molecule has 0 saturated heterocycles. The maximum atomic E-state index is 5.47. The summed E-state index contributed by atoms with van der Waals surface area (Å²) in [4.78, 5) is 13.6. The number of aromatic nitrogens is 3. The van der Waals surface area contributed by atoms with Gasteiger partial charge in [-0.05, 0) is 37.9 Å². The van der Waals surface area contributed by atoms with E-state index < -0.39 is 0 Å². The summed E-state index contributed by atoms with van der Waals surface area (Å²) in [6.07, 6.45) is 2.54. The minimum absolute atomic E-state index is 0.556. The molecule has 1 aliphatic heterocycles. The second-order valence-electron chi connectivity index (χ2n) is 4.36. The lowest BCUT2D eigenvalue weighted by Gasteiger charge is -2.19. The maximum Gasteiger partial charge on any atom is 0.181 e. The van der Waals surface area contributed by atoms with Crippen molar-refractivity contribution in [1.82, 2.24) is 15.0 Å². The second-order valence-corrected chi connectivity index (χ2v) is 6.13. The molecule has 0 amide bonds. The molecule has 0 spiro atoms. The lowest BCUT2D eigenvalue weighted by molar-refractivity contribution is 0.109. The summed E-state index contributed by atoms with van der Waals surface area (Å²) in [7, 11) is 1.85.